The molecule has 0 radical (unpaired) electrons. The normalized spacial score (nSPS) is 10.2. The zero-order valence-electron chi connectivity index (χ0n) is 10.6. The maximum atomic E-state index is 12.0. The minimum absolute atomic E-state index is 0.189. The molecule has 1 amide bonds. The smallest absolute Gasteiger partial charge is 0.253 e. The maximum Gasteiger partial charge on any atom is 0.253 e. The van der Waals surface area contributed by atoms with Gasteiger partial charge < -0.3 is 10.7 Å². The number of hydrazine groups is 1. The van der Waals surface area contributed by atoms with E-state index in [2.05, 4.69) is 20.8 Å². The number of nitrogens with one attached hydrogen (secondary N) is 2. The van der Waals surface area contributed by atoms with Crippen LogP contribution in [0.15, 0.2) is 30.7 Å². The fourth-order valence-corrected chi connectivity index (χ4v) is 1.70. The number of carbonyl (C=O) groups excluding carboxylic acids is 1. The molecule has 2 aromatic rings. The lowest BCUT2D eigenvalue weighted by Gasteiger charge is -2.08. The zero-order chi connectivity index (χ0) is 13.7. The van der Waals surface area contributed by atoms with Gasteiger partial charge in [-0.05, 0) is 12.1 Å². The SMILES string of the molecule is Cn1ccc(CCNC(=O)c2ccncc2NN)n1. The molecule has 0 aliphatic heterocycles. The summed E-state index contributed by atoms with van der Waals surface area (Å²) in [6, 6.07) is 3.54. The topological polar surface area (TPSA) is 97.9 Å². The summed E-state index contributed by atoms with van der Waals surface area (Å²) in [7, 11) is 1.86. The van der Waals surface area contributed by atoms with Gasteiger partial charge in [0, 0.05) is 32.4 Å². The summed E-state index contributed by atoms with van der Waals surface area (Å²) < 4.78 is 1.73. The molecule has 2 rings (SSSR count). The van der Waals surface area contributed by atoms with Gasteiger partial charge in [0.1, 0.15) is 0 Å². The van der Waals surface area contributed by atoms with Gasteiger partial charge in [0.25, 0.3) is 5.91 Å². The summed E-state index contributed by atoms with van der Waals surface area (Å²) in [6.07, 6.45) is 5.61. The van der Waals surface area contributed by atoms with Crippen LogP contribution in [0, 0.1) is 0 Å². The molecule has 0 aromatic carbocycles. The summed E-state index contributed by atoms with van der Waals surface area (Å²) >= 11 is 0. The maximum absolute atomic E-state index is 12.0. The second-order valence-electron chi connectivity index (χ2n) is 4.05. The van der Waals surface area contributed by atoms with Crippen molar-refractivity contribution in [2.75, 3.05) is 12.0 Å². The third-order valence-corrected chi connectivity index (χ3v) is 2.66. The fraction of sp³-hybridized carbons (Fsp3) is 0.250. The first-order valence-corrected chi connectivity index (χ1v) is 5.88. The van der Waals surface area contributed by atoms with Crippen molar-refractivity contribution < 1.29 is 4.79 Å². The van der Waals surface area contributed by atoms with Crippen LogP contribution in [0.3, 0.4) is 0 Å². The number of amides is 1. The van der Waals surface area contributed by atoms with Crippen LogP contribution in [-0.2, 0) is 13.5 Å². The van der Waals surface area contributed by atoms with Crippen molar-refractivity contribution in [3.63, 3.8) is 0 Å². The molecule has 0 bridgehead atoms. The number of hydrogen-bond acceptors (Lipinski definition) is 5. The Morgan fingerprint density at radius 1 is 1.47 bits per heavy atom. The molecule has 0 atom stereocenters. The van der Waals surface area contributed by atoms with E-state index < -0.39 is 0 Å². The molecule has 19 heavy (non-hydrogen) atoms. The van der Waals surface area contributed by atoms with Gasteiger partial charge in [-0.2, -0.15) is 5.10 Å². The Morgan fingerprint density at radius 3 is 3.00 bits per heavy atom. The number of aromatic nitrogens is 3. The first-order chi connectivity index (χ1) is 9.20. The van der Waals surface area contributed by atoms with Crippen molar-refractivity contribution in [3.8, 4) is 0 Å². The summed E-state index contributed by atoms with van der Waals surface area (Å²) in [6.45, 7) is 0.516. The largest absolute Gasteiger partial charge is 0.352 e. The van der Waals surface area contributed by atoms with E-state index in [4.69, 9.17) is 5.84 Å². The van der Waals surface area contributed by atoms with Crippen molar-refractivity contribution >= 4 is 11.6 Å². The van der Waals surface area contributed by atoms with Crippen LogP contribution in [0.4, 0.5) is 5.69 Å². The lowest BCUT2D eigenvalue weighted by molar-refractivity contribution is 0.0954. The van der Waals surface area contributed by atoms with Gasteiger partial charge in [-0.15, -0.1) is 0 Å². The van der Waals surface area contributed by atoms with Crippen LogP contribution in [0.2, 0.25) is 0 Å². The molecule has 4 N–H and O–H groups in total. The summed E-state index contributed by atoms with van der Waals surface area (Å²) in [5.41, 5.74) is 4.36. The number of hydrogen-bond donors (Lipinski definition) is 3. The molecular weight excluding hydrogens is 244 g/mol. The molecule has 0 saturated heterocycles. The van der Waals surface area contributed by atoms with Crippen molar-refractivity contribution in [1.29, 1.82) is 0 Å². The molecule has 100 valence electrons. The Hall–Kier alpha value is -2.41. The number of pyridine rings is 1. The van der Waals surface area contributed by atoms with E-state index in [1.165, 1.54) is 6.20 Å². The minimum atomic E-state index is -0.189. The number of nitrogens with zero attached hydrogens (tertiary/aromatic N) is 3. The highest BCUT2D eigenvalue weighted by Crippen LogP contribution is 2.11. The van der Waals surface area contributed by atoms with E-state index in [-0.39, 0.29) is 5.91 Å². The van der Waals surface area contributed by atoms with Crippen molar-refractivity contribution in [2.24, 2.45) is 12.9 Å². The second kappa shape index (κ2) is 5.96. The highest BCUT2D eigenvalue weighted by Gasteiger charge is 2.10. The molecule has 2 heterocycles. The van der Waals surface area contributed by atoms with Crippen LogP contribution in [-0.4, -0.2) is 27.2 Å². The Balaban J connectivity index is 1.90. The number of carbonyl (C=O) groups is 1. The summed E-state index contributed by atoms with van der Waals surface area (Å²) in [5, 5.41) is 7.06. The van der Waals surface area contributed by atoms with Gasteiger partial charge in [0.15, 0.2) is 0 Å². The summed E-state index contributed by atoms with van der Waals surface area (Å²) in [5.74, 6) is 5.14. The van der Waals surface area contributed by atoms with Crippen LogP contribution < -0.4 is 16.6 Å². The van der Waals surface area contributed by atoms with Crippen LogP contribution >= 0.6 is 0 Å². The Morgan fingerprint density at radius 2 is 2.32 bits per heavy atom. The van der Waals surface area contributed by atoms with Crippen molar-refractivity contribution in [2.45, 2.75) is 6.42 Å². The standard InChI is InChI=1S/C12H16N6O/c1-18-7-4-9(17-18)2-6-15-12(19)10-3-5-14-8-11(10)16-13/h3-5,7-8,16H,2,6,13H2,1H3,(H,15,19). The highest BCUT2D eigenvalue weighted by atomic mass is 16.1. The van der Waals surface area contributed by atoms with Gasteiger partial charge in [0.05, 0.1) is 23.1 Å². The third kappa shape index (κ3) is 3.29. The predicted molar refractivity (Wildman–Crippen MR) is 71.3 cm³/mol. The zero-order valence-corrected chi connectivity index (χ0v) is 10.6. The molecular formula is C12H16N6O. The molecule has 0 saturated carbocycles. The van der Waals surface area contributed by atoms with Crippen LogP contribution in [0.5, 0.6) is 0 Å². The second-order valence-corrected chi connectivity index (χ2v) is 4.05. The molecule has 0 aliphatic rings. The van der Waals surface area contributed by atoms with Gasteiger partial charge in [-0.1, -0.05) is 0 Å². The number of nitrogens with two attached hydrogens (primary N) is 1. The van der Waals surface area contributed by atoms with E-state index >= 15 is 0 Å². The lowest BCUT2D eigenvalue weighted by Crippen LogP contribution is -2.27. The van der Waals surface area contributed by atoms with E-state index in [9.17, 15) is 4.79 Å². The molecule has 0 aliphatic carbocycles. The van der Waals surface area contributed by atoms with Gasteiger partial charge >= 0.3 is 0 Å². The number of rotatable bonds is 5. The monoisotopic (exact) mass is 260 g/mol. The van der Waals surface area contributed by atoms with Crippen molar-refractivity contribution in [1.82, 2.24) is 20.1 Å². The molecule has 0 fully saturated rings. The molecule has 0 spiro atoms. The molecule has 0 unspecified atom stereocenters. The predicted octanol–water partition coefficient (Wildman–Crippen LogP) is 0.0732. The van der Waals surface area contributed by atoms with E-state index in [1.807, 2.05) is 19.3 Å². The highest BCUT2D eigenvalue weighted by molar-refractivity contribution is 5.99. The van der Waals surface area contributed by atoms with E-state index in [0.717, 1.165) is 5.69 Å². The number of anilines is 1. The number of aryl methyl sites for hydroxylation is 1. The Bertz CT molecular complexity index is 565. The molecule has 2 aromatic heterocycles. The molecule has 7 heteroatoms. The first kappa shape index (κ1) is 13.0. The minimum Gasteiger partial charge on any atom is -0.352 e. The number of nitrogen functional groups attached to an aromatic ring is 1. The van der Waals surface area contributed by atoms with E-state index in [0.29, 0.717) is 24.2 Å². The van der Waals surface area contributed by atoms with Crippen LogP contribution in [0.25, 0.3) is 0 Å². The molecule has 7 nitrogen and oxygen atoms in total. The van der Waals surface area contributed by atoms with Gasteiger partial charge in [0.2, 0.25) is 0 Å². The Kier molecular flexibility index (Phi) is 4.09. The average Bonchev–Trinajstić information content (AvgIpc) is 2.84. The first-order valence-electron chi connectivity index (χ1n) is 5.88. The Labute approximate surface area is 110 Å². The van der Waals surface area contributed by atoms with Gasteiger partial charge in [-0.3, -0.25) is 20.3 Å². The fourth-order valence-electron chi connectivity index (χ4n) is 1.70. The lowest BCUT2D eigenvalue weighted by atomic mass is 10.2. The van der Waals surface area contributed by atoms with Gasteiger partial charge in [-0.25, -0.2) is 0 Å². The van der Waals surface area contributed by atoms with Crippen molar-refractivity contribution in [3.05, 3.63) is 42.0 Å². The third-order valence-electron chi connectivity index (χ3n) is 2.66. The average molecular weight is 260 g/mol. The summed E-state index contributed by atoms with van der Waals surface area (Å²) in [4.78, 5) is 15.9. The van der Waals surface area contributed by atoms with Crippen LogP contribution in [0.1, 0.15) is 16.1 Å². The quantitative estimate of drug-likeness (QED) is 0.522. The van der Waals surface area contributed by atoms with E-state index in [1.54, 1.807) is 16.9 Å².